The SMILES string of the molecule is CC(CNc1ccc(C(F)(F)F)cc1N)C1CC1. The predicted octanol–water partition coefficient (Wildman–Crippen LogP) is 3.75. The number of hydrogen-bond donors (Lipinski definition) is 2. The summed E-state index contributed by atoms with van der Waals surface area (Å²) >= 11 is 0. The molecular formula is C13H17F3N2. The normalized spacial score (nSPS) is 17.6. The summed E-state index contributed by atoms with van der Waals surface area (Å²) in [5.74, 6) is 1.29. The van der Waals surface area contributed by atoms with Gasteiger partial charge in [0.1, 0.15) is 0 Å². The number of rotatable bonds is 4. The lowest BCUT2D eigenvalue weighted by molar-refractivity contribution is -0.137. The van der Waals surface area contributed by atoms with Gasteiger partial charge in [-0.2, -0.15) is 13.2 Å². The summed E-state index contributed by atoms with van der Waals surface area (Å²) in [6.45, 7) is 2.89. The predicted molar refractivity (Wildman–Crippen MR) is 66.2 cm³/mol. The summed E-state index contributed by atoms with van der Waals surface area (Å²) in [6, 6.07) is 3.43. The number of alkyl halides is 3. The van der Waals surface area contributed by atoms with Gasteiger partial charge in [0.2, 0.25) is 0 Å². The molecule has 0 amide bonds. The number of nitrogen functional groups attached to an aromatic ring is 1. The van der Waals surface area contributed by atoms with Crippen LogP contribution in [0.4, 0.5) is 24.5 Å². The molecule has 100 valence electrons. The summed E-state index contributed by atoms with van der Waals surface area (Å²) in [4.78, 5) is 0. The highest BCUT2D eigenvalue weighted by Gasteiger charge is 2.31. The highest BCUT2D eigenvalue weighted by molar-refractivity contribution is 5.67. The second-order valence-electron chi connectivity index (χ2n) is 5.00. The van der Waals surface area contributed by atoms with E-state index in [0.717, 1.165) is 24.6 Å². The van der Waals surface area contributed by atoms with Gasteiger partial charge in [-0.1, -0.05) is 6.92 Å². The fourth-order valence-corrected chi connectivity index (χ4v) is 2.00. The maximum atomic E-state index is 12.5. The zero-order chi connectivity index (χ0) is 13.3. The number of halogens is 3. The van der Waals surface area contributed by atoms with Crippen LogP contribution in [0.1, 0.15) is 25.3 Å². The maximum absolute atomic E-state index is 12.5. The Morgan fingerprint density at radius 2 is 2.06 bits per heavy atom. The molecule has 1 aromatic carbocycles. The van der Waals surface area contributed by atoms with Crippen molar-refractivity contribution in [2.45, 2.75) is 25.9 Å². The van der Waals surface area contributed by atoms with Crippen molar-refractivity contribution in [2.24, 2.45) is 11.8 Å². The Labute approximate surface area is 104 Å². The molecule has 0 radical (unpaired) electrons. The number of benzene rings is 1. The summed E-state index contributed by atoms with van der Waals surface area (Å²) in [7, 11) is 0. The molecule has 1 fully saturated rings. The van der Waals surface area contributed by atoms with E-state index in [1.807, 2.05) is 0 Å². The molecule has 1 saturated carbocycles. The third kappa shape index (κ3) is 3.09. The average molecular weight is 258 g/mol. The lowest BCUT2D eigenvalue weighted by Gasteiger charge is -2.15. The van der Waals surface area contributed by atoms with Gasteiger partial charge in [-0.15, -0.1) is 0 Å². The van der Waals surface area contributed by atoms with Gasteiger partial charge in [0, 0.05) is 6.54 Å². The molecule has 0 spiro atoms. The lowest BCUT2D eigenvalue weighted by Crippen LogP contribution is -2.14. The minimum absolute atomic E-state index is 0.146. The Bertz CT molecular complexity index is 425. The van der Waals surface area contributed by atoms with Crippen molar-refractivity contribution < 1.29 is 13.2 Å². The van der Waals surface area contributed by atoms with Crippen molar-refractivity contribution >= 4 is 11.4 Å². The number of nitrogens with two attached hydrogens (primary N) is 1. The van der Waals surface area contributed by atoms with Crippen molar-refractivity contribution in [3.05, 3.63) is 23.8 Å². The third-order valence-electron chi connectivity index (χ3n) is 3.42. The summed E-state index contributed by atoms with van der Waals surface area (Å²) in [5, 5.41) is 3.12. The first-order chi connectivity index (χ1) is 8.38. The topological polar surface area (TPSA) is 38.0 Å². The van der Waals surface area contributed by atoms with Gasteiger partial charge in [0.25, 0.3) is 0 Å². The first-order valence-electron chi connectivity index (χ1n) is 6.08. The molecule has 1 aromatic rings. The summed E-state index contributed by atoms with van der Waals surface area (Å²) in [5.41, 5.74) is 5.65. The summed E-state index contributed by atoms with van der Waals surface area (Å²) in [6.07, 6.45) is -1.83. The van der Waals surface area contributed by atoms with Crippen LogP contribution in [0.3, 0.4) is 0 Å². The minimum atomic E-state index is -4.34. The van der Waals surface area contributed by atoms with Crippen molar-refractivity contribution in [3.63, 3.8) is 0 Å². The Kier molecular flexibility index (Phi) is 3.41. The highest BCUT2D eigenvalue weighted by atomic mass is 19.4. The number of anilines is 2. The molecule has 2 rings (SSSR count). The molecular weight excluding hydrogens is 241 g/mol. The molecule has 1 aliphatic carbocycles. The van der Waals surface area contributed by atoms with E-state index in [4.69, 9.17) is 5.73 Å². The van der Waals surface area contributed by atoms with Crippen molar-refractivity contribution in [1.29, 1.82) is 0 Å². The van der Waals surface area contributed by atoms with E-state index in [-0.39, 0.29) is 5.69 Å². The second kappa shape index (κ2) is 4.71. The van der Waals surface area contributed by atoms with Crippen LogP contribution in [0, 0.1) is 11.8 Å². The molecule has 18 heavy (non-hydrogen) atoms. The molecule has 2 nitrogen and oxygen atoms in total. The largest absolute Gasteiger partial charge is 0.416 e. The van der Waals surface area contributed by atoms with Crippen LogP contribution in [-0.2, 0) is 6.18 Å². The van der Waals surface area contributed by atoms with Gasteiger partial charge >= 0.3 is 6.18 Å². The summed E-state index contributed by atoms with van der Waals surface area (Å²) < 4.78 is 37.4. The van der Waals surface area contributed by atoms with Crippen molar-refractivity contribution in [2.75, 3.05) is 17.6 Å². The van der Waals surface area contributed by atoms with E-state index in [1.165, 1.54) is 18.9 Å². The monoisotopic (exact) mass is 258 g/mol. The Balaban J connectivity index is 2.00. The van der Waals surface area contributed by atoms with Crippen molar-refractivity contribution in [1.82, 2.24) is 0 Å². The number of hydrogen-bond acceptors (Lipinski definition) is 2. The van der Waals surface area contributed by atoms with Gasteiger partial charge in [-0.3, -0.25) is 0 Å². The molecule has 1 atom stereocenters. The minimum Gasteiger partial charge on any atom is -0.397 e. The van der Waals surface area contributed by atoms with Crippen LogP contribution < -0.4 is 11.1 Å². The Morgan fingerprint density at radius 3 is 2.56 bits per heavy atom. The maximum Gasteiger partial charge on any atom is 0.416 e. The van der Waals surface area contributed by atoms with Crippen LogP contribution in [0.2, 0.25) is 0 Å². The van der Waals surface area contributed by atoms with Gasteiger partial charge in [0.15, 0.2) is 0 Å². The Hall–Kier alpha value is -1.39. The van der Waals surface area contributed by atoms with Gasteiger partial charge in [0.05, 0.1) is 16.9 Å². The first kappa shape index (κ1) is 13.1. The van der Waals surface area contributed by atoms with E-state index in [2.05, 4.69) is 12.2 Å². The van der Waals surface area contributed by atoms with Gasteiger partial charge < -0.3 is 11.1 Å². The molecule has 0 heterocycles. The fraction of sp³-hybridized carbons (Fsp3) is 0.538. The van der Waals surface area contributed by atoms with E-state index in [0.29, 0.717) is 11.6 Å². The van der Waals surface area contributed by atoms with Gasteiger partial charge in [-0.05, 0) is 42.9 Å². The third-order valence-corrected chi connectivity index (χ3v) is 3.42. The number of nitrogens with one attached hydrogen (secondary N) is 1. The van der Waals surface area contributed by atoms with Crippen LogP contribution in [0.15, 0.2) is 18.2 Å². The second-order valence-corrected chi connectivity index (χ2v) is 5.00. The van der Waals surface area contributed by atoms with E-state index < -0.39 is 11.7 Å². The highest BCUT2D eigenvalue weighted by Crippen LogP contribution is 2.37. The van der Waals surface area contributed by atoms with E-state index >= 15 is 0 Å². The quantitative estimate of drug-likeness (QED) is 0.807. The van der Waals surface area contributed by atoms with Crippen LogP contribution >= 0.6 is 0 Å². The fourth-order valence-electron chi connectivity index (χ4n) is 2.00. The standard InChI is InChI=1S/C13H17F3N2/c1-8(9-2-3-9)7-18-12-5-4-10(6-11(12)17)13(14,15)16/h4-6,8-9,18H,2-3,7,17H2,1H3. The lowest BCUT2D eigenvalue weighted by atomic mass is 10.1. The molecule has 0 aromatic heterocycles. The molecule has 0 saturated heterocycles. The molecule has 3 N–H and O–H groups in total. The van der Waals surface area contributed by atoms with E-state index in [1.54, 1.807) is 0 Å². The molecule has 0 aliphatic heterocycles. The first-order valence-corrected chi connectivity index (χ1v) is 6.08. The smallest absolute Gasteiger partial charge is 0.397 e. The Morgan fingerprint density at radius 1 is 1.39 bits per heavy atom. The van der Waals surface area contributed by atoms with E-state index in [9.17, 15) is 13.2 Å². The molecule has 1 unspecified atom stereocenters. The van der Waals surface area contributed by atoms with Crippen LogP contribution in [0.5, 0.6) is 0 Å². The zero-order valence-corrected chi connectivity index (χ0v) is 10.2. The average Bonchev–Trinajstić information content (AvgIpc) is 3.09. The van der Waals surface area contributed by atoms with Crippen LogP contribution in [-0.4, -0.2) is 6.54 Å². The molecule has 1 aliphatic rings. The zero-order valence-electron chi connectivity index (χ0n) is 10.2. The van der Waals surface area contributed by atoms with Gasteiger partial charge in [-0.25, -0.2) is 0 Å². The van der Waals surface area contributed by atoms with Crippen LogP contribution in [0.25, 0.3) is 0 Å². The van der Waals surface area contributed by atoms with Crippen molar-refractivity contribution in [3.8, 4) is 0 Å². The molecule has 5 heteroatoms. The molecule has 0 bridgehead atoms.